The molecule has 14 nitrogen and oxygen atoms in total. The van der Waals surface area contributed by atoms with Crippen LogP contribution in [-0.2, 0) is 30.3 Å². The monoisotopic (exact) mass is 1320 g/mol. The highest BCUT2D eigenvalue weighted by molar-refractivity contribution is 7.28. The number of aldehydes is 1. The number of aryl methyl sites for hydroxylation is 2. The largest absolute Gasteiger partial charge is 0.508 e. The van der Waals surface area contributed by atoms with Crippen LogP contribution < -0.4 is 25.2 Å². The van der Waals surface area contributed by atoms with Gasteiger partial charge in [-0.2, -0.15) is 9.97 Å². The Morgan fingerprint density at radius 2 is 1.55 bits per heavy atom. The molecule has 5 aromatic rings. The van der Waals surface area contributed by atoms with Crippen molar-refractivity contribution in [1.29, 1.82) is 0 Å². The average molecular weight is 1320 g/mol. The summed E-state index contributed by atoms with van der Waals surface area (Å²) < 4.78 is 25.3. The SMILES string of the molecule is CC.CC=O.CCC.CCCC(=O)N(c1ccc(C(CCC)CCC)cc1C)C1CCC(=O)NC1=O.CCCC1(CCC(C)CC)CC(C)C1.CCc1c(F)ccc2cc(O)cc(-c3ncc4c(N5CCCCC5)nc(OC)nc4c3P)c12.COCC1CCC2CCCN21. The van der Waals surface area contributed by atoms with Crippen molar-refractivity contribution in [1.82, 2.24) is 25.2 Å². The van der Waals surface area contributed by atoms with Crippen LogP contribution in [0.1, 0.15) is 260 Å². The van der Waals surface area contributed by atoms with E-state index in [0.717, 1.165) is 139 Å². The van der Waals surface area contributed by atoms with Gasteiger partial charge in [-0.1, -0.05) is 140 Å². The molecule has 10 rings (SSSR count). The highest BCUT2D eigenvalue weighted by Gasteiger charge is 2.41. The van der Waals surface area contributed by atoms with Crippen LogP contribution in [-0.4, -0.2) is 108 Å². The van der Waals surface area contributed by atoms with E-state index in [0.29, 0.717) is 53.5 Å². The number of carbonyl (C=O) groups is 4. The molecule has 94 heavy (non-hydrogen) atoms. The molecule has 3 aromatic carbocycles. The number of rotatable bonds is 21. The molecule has 0 spiro atoms. The van der Waals surface area contributed by atoms with E-state index in [1.807, 2.05) is 47.8 Å². The fourth-order valence-electron chi connectivity index (χ4n) is 14.7. The number of hydrogen-bond acceptors (Lipinski definition) is 12. The van der Waals surface area contributed by atoms with Gasteiger partial charge >= 0.3 is 6.01 Å². The van der Waals surface area contributed by atoms with Gasteiger partial charge in [-0.05, 0) is 198 Å². The lowest BCUT2D eigenvalue weighted by atomic mass is 9.58. The number of carbonyl (C=O) groups excluding carboxylic acids is 4. The normalized spacial score (nSPS) is 19.9. The first-order chi connectivity index (χ1) is 45.3. The molecule has 16 heteroatoms. The number of amides is 3. The number of halogens is 1. The van der Waals surface area contributed by atoms with Crippen LogP contribution in [0.4, 0.5) is 15.9 Å². The van der Waals surface area contributed by atoms with Crippen LogP contribution in [0.5, 0.6) is 11.8 Å². The van der Waals surface area contributed by atoms with E-state index in [-0.39, 0.29) is 35.7 Å². The Kier molecular flexibility index (Phi) is 36.2. The zero-order valence-electron chi connectivity index (χ0n) is 61.0. The number of ether oxygens (including phenoxy) is 2. The molecular weight excluding hydrogens is 1200 g/mol. The summed E-state index contributed by atoms with van der Waals surface area (Å²) in [5, 5.41) is 15.9. The predicted molar refractivity (Wildman–Crippen MR) is 394 cm³/mol. The number of fused-ring (bicyclic) bond motifs is 3. The molecule has 4 aliphatic heterocycles. The number of aromatic hydroxyl groups is 1. The number of aromatic nitrogens is 3. The molecule has 0 radical (unpaired) electrons. The van der Waals surface area contributed by atoms with E-state index in [1.165, 1.54) is 109 Å². The van der Waals surface area contributed by atoms with Gasteiger partial charge in [0, 0.05) is 67.9 Å². The second kappa shape index (κ2) is 42.1. The number of phenolic OH excluding ortho intramolecular Hbond substituents is 1. The second-order valence-electron chi connectivity index (χ2n) is 26.6. The van der Waals surface area contributed by atoms with Crippen molar-refractivity contribution in [3.63, 3.8) is 0 Å². The summed E-state index contributed by atoms with van der Waals surface area (Å²) in [5.74, 6) is 2.44. The molecule has 524 valence electrons. The molecule has 6 heterocycles. The molecule has 0 bridgehead atoms. The minimum absolute atomic E-state index is 0.0634. The number of nitrogens with one attached hydrogen (secondary N) is 1. The Balaban J connectivity index is 0.000000276. The molecule has 1 aliphatic carbocycles. The maximum absolute atomic E-state index is 14.7. The molecular formula is C78H123FN7O7P. The standard InChI is InChI=1S/C25H26FN4O2P.C23H34N2O3.C14H28.C9H17NO.C3H8.C2H4O.C2H6/c1-3-16-19(26)8-7-14-11-15(31)12-17(20(14)16)21-23(33)22-18(13-27-21)24(29-25(28-22)32-2)30-9-5-4-6-10-30;1-5-8-17(9-6-2)18-11-12-19(16(4)15-18)25(22(27)10-7-3)20-13-14-21(26)24-23(20)28;1-5-8-14(10-13(4)11-14)9-7-12(3)6-2;1-11-7-9-5-4-8-3-2-6-10(8)9;1-3-2;1-2-3;1-2/h7-8,11-13,31H,3-6,9-10,33H2,1-2H3;11-12,15,17,20H,5-10,13-14H2,1-4H3,(H,24,26,28);12-13H,5-11H2,1-4H3;8-9H,2-7H2,1H3;3H2,1-2H3;2H,1H3;1-2H3. The van der Waals surface area contributed by atoms with Gasteiger partial charge in [0.2, 0.25) is 17.7 Å². The number of anilines is 2. The summed E-state index contributed by atoms with van der Waals surface area (Å²) in [4.78, 5) is 66.3. The van der Waals surface area contributed by atoms with Crippen molar-refractivity contribution in [3.8, 4) is 23.0 Å². The van der Waals surface area contributed by atoms with Crippen molar-refractivity contribution in [3.05, 3.63) is 71.2 Å². The van der Waals surface area contributed by atoms with E-state index in [1.54, 1.807) is 36.4 Å². The molecule has 5 fully saturated rings. The number of pyridine rings is 1. The predicted octanol–water partition coefficient (Wildman–Crippen LogP) is 18.3. The third-order valence-electron chi connectivity index (χ3n) is 19.1. The van der Waals surface area contributed by atoms with Gasteiger partial charge in [-0.15, -0.1) is 9.24 Å². The van der Waals surface area contributed by atoms with Crippen molar-refractivity contribution in [2.24, 2.45) is 17.3 Å². The van der Waals surface area contributed by atoms with E-state index in [2.05, 4.69) is 102 Å². The summed E-state index contributed by atoms with van der Waals surface area (Å²) in [6, 6.07) is 14.0. The zero-order chi connectivity index (χ0) is 69.5. The fraction of sp³-hybridized carbons (Fsp3) is 0.654. The lowest BCUT2D eigenvalue weighted by Crippen LogP contribution is -2.54. The number of benzene rings is 3. The Labute approximate surface area is 569 Å². The first-order valence-corrected chi connectivity index (χ1v) is 37.0. The van der Waals surface area contributed by atoms with Gasteiger partial charge in [0.05, 0.1) is 30.3 Å². The van der Waals surface area contributed by atoms with Gasteiger partial charge in [0.15, 0.2) is 0 Å². The van der Waals surface area contributed by atoms with Crippen molar-refractivity contribution in [2.45, 2.75) is 275 Å². The van der Waals surface area contributed by atoms with Gasteiger partial charge < -0.3 is 24.3 Å². The van der Waals surface area contributed by atoms with E-state index in [9.17, 15) is 23.9 Å². The molecule has 1 saturated carbocycles. The number of piperidine rings is 2. The molecule has 3 amide bonds. The number of nitrogens with zero attached hydrogens (tertiary/aromatic N) is 6. The summed E-state index contributed by atoms with van der Waals surface area (Å²) in [6.07, 6.45) is 29.9. The Morgan fingerprint density at radius 3 is 2.13 bits per heavy atom. The summed E-state index contributed by atoms with van der Waals surface area (Å²) in [6.45, 7) is 33.6. The maximum atomic E-state index is 14.7. The van der Waals surface area contributed by atoms with Crippen LogP contribution in [0.2, 0.25) is 0 Å². The molecule has 2 aromatic heterocycles. The van der Waals surface area contributed by atoms with E-state index < -0.39 is 6.04 Å². The third kappa shape index (κ3) is 22.5. The van der Waals surface area contributed by atoms with E-state index >= 15 is 0 Å². The highest BCUT2D eigenvalue weighted by Crippen LogP contribution is 2.52. The van der Waals surface area contributed by atoms with Gasteiger partial charge in [0.1, 0.15) is 29.7 Å². The van der Waals surface area contributed by atoms with Crippen LogP contribution in [0.15, 0.2) is 48.7 Å². The Bertz CT molecular complexity index is 3100. The molecule has 4 saturated heterocycles. The highest BCUT2D eigenvalue weighted by atomic mass is 31.0. The molecule has 5 unspecified atom stereocenters. The second-order valence-corrected chi connectivity index (χ2v) is 27.2. The number of methoxy groups -OCH3 is 2. The van der Waals surface area contributed by atoms with Gasteiger partial charge in [-0.3, -0.25) is 34.5 Å². The summed E-state index contributed by atoms with van der Waals surface area (Å²) >= 11 is 0. The average Bonchev–Trinajstić information content (AvgIpc) is 0.937. The summed E-state index contributed by atoms with van der Waals surface area (Å²) in [5.41, 5.74) is 6.47. The first kappa shape index (κ1) is 80.8. The lowest BCUT2D eigenvalue weighted by molar-refractivity contribution is -0.135. The molecule has 2 N–H and O–H groups in total. The topological polar surface area (TPSA) is 167 Å². The van der Waals surface area contributed by atoms with Crippen molar-refractivity contribution >= 4 is 71.7 Å². The Morgan fingerprint density at radius 1 is 0.872 bits per heavy atom. The first-order valence-electron chi connectivity index (χ1n) is 36.4. The number of imide groups is 1. The van der Waals surface area contributed by atoms with Crippen LogP contribution >= 0.6 is 9.24 Å². The lowest BCUT2D eigenvalue weighted by Gasteiger charge is -2.47. The van der Waals surface area contributed by atoms with Crippen LogP contribution in [0.25, 0.3) is 32.9 Å². The van der Waals surface area contributed by atoms with Crippen LogP contribution in [0.3, 0.4) is 0 Å². The van der Waals surface area contributed by atoms with Gasteiger partial charge in [0.25, 0.3) is 0 Å². The molecule has 5 aliphatic rings. The minimum Gasteiger partial charge on any atom is -0.508 e. The maximum Gasteiger partial charge on any atom is 0.318 e. The van der Waals surface area contributed by atoms with Crippen LogP contribution in [0, 0.1) is 30.0 Å². The minimum atomic E-state index is -0.622. The fourth-order valence-corrected chi connectivity index (χ4v) is 15.1. The van der Waals surface area contributed by atoms with Crippen molar-refractivity contribution < 1.29 is 38.1 Å². The number of phenols is 1. The van der Waals surface area contributed by atoms with Gasteiger partial charge in [-0.25, -0.2) is 4.39 Å². The quantitative estimate of drug-likeness (QED) is 0.0406. The van der Waals surface area contributed by atoms with Crippen molar-refractivity contribution in [2.75, 3.05) is 50.3 Å². The molecule has 5 atom stereocenters. The number of hydrogen-bond donors (Lipinski definition) is 2. The smallest absolute Gasteiger partial charge is 0.318 e. The zero-order valence-corrected chi connectivity index (χ0v) is 62.1. The summed E-state index contributed by atoms with van der Waals surface area (Å²) in [7, 11) is 6.11. The van der Waals surface area contributed by atoms with E-state index in [4.69, 9.17) is 19.3 Å². The third-order valence-corrected chi connectivity index (χ3v) is 19.7. The Hall–Kier alpha value is -5.63.